The molecule has 75 valence electrons. The number of rotatable bonds is 2. The zero-order valence-electron chi connectivity index (χ0n) is 7.43. The first-order chi connectivity index (χ1) is 6.45. The van der Waals surface area contributed by atoms with Crippen LogP contribution in [0.15, 0.2) is 24.3 Å². The number of carbonyl (C=O) groups is 1. The Hall–Kier alpha value is -1.32. The molecule has 0 atom stereocenters. The van der Waals surface area contributed by atoms with E-state index in [2.05, 4.69) is 0 Å². The van der Waals surface area contributed by atoms with Crippen molar-refractivity contribution in [2.75, 3.05) is 0 Å². The average Bonchev–Trinajstić information content (AvgIpc) is 2.15. The molecule has 0 aliphatic heterocycles. The predicted octanol–water partition coefficient (Wildman–Crippen LogP) is 3.11. The largest absolute Gasteiger partial charge is 0.416 e. The van der Waals surface area contributed by atoms with E-state index >= 15 is 0 Å². The van der Waals surface area contributed by atoms with Gasteiger partial charge in [0.2, 0.25) is 0 Å². The number of Topliss-reactive ketones (excluding diaryl/α,β-unsaturated/α-hetero) is 1. The third-order valence-corrected chi connectivity index (χ3v) is 1.74. The Morgan fingerprint density at radius 1 is 1.36 bits per heavy atom. The molecule has 0 aliphatic rings. The van der Waals surface area contributed by atoms with Gasteiger partial charge < -0.3 is 0 Å². The topological polar surface area (TPSA) is 17.1 Å². The molecule has 0 aliphatic carbocycles. The van der Waals surface area contributed by atoms with Gasteiger partial charge in [-0.25, -0.2) is 0 Å². The summed E-state index contributed by atoms with van der Waals surface area (Å²) in [5.41, 5.74) is -0.743. The molecule has 0 fully saturated rings. The normalized spacial score (nSPS) is 11.4. The molecule has 0 spiro atoms. The van der Waals surface area contributed by atoms with E-state index in [0.717, 1.165) is 12.1 Å². The minimum Gasteiger partial charge on any atom is -0.294 e. The lowest BCUT2D eigenvalue weighted by Crippen LogP contribution is -2.07. The SMILES string of the molecule is C[CH]C(=O)c1cccc(C(F)(F)F)c1. The smallest absolute Gasteiger partial charge is 0.294 e. The summed E-state index contributed by atoms with van der Waals surface area (Å²) in [7, 11) is 0. The second kappa shape index (κ2) is 3.82. The maximum Gasteiger partial charge on any atom is 0.416 e. The number of alkyl halides is 3. The van der Waals surface area contributed by atoms with Crippen molar-refractivity contribution in [1.82, 2.24) is 0 Å². The van der Waals surface area contributed by atoms with Crippen LogP contribution in [-0.4, -0.2) is 5.78 Å². The monoisotopic (exact) mass is 201 g/mol. The Balaban J connectivity index is 3.08. The van der Waals surface area contributed by atoms with Gasteiger partial charge in [-0.15, -0.1) is 0 Å². The second-order valence-electron chi connectivity index (χ2n) is 2.73. The van der Waals surface area contributed by atoms with Crippen molar-refractivity contribution in [2.24, 2.45) is 0 Å². The molecule has 14 heavy (non-hydrogen) atoms. The lowest BCUT2D eigenvalue weighted by atomic mass is 10.1. The molecule has 1 aromatic rings. The fourth-order valence-electron chi connectivity index (χ4n) is 1.02. The third kappa shape index (κ3) is 2.34. The van der Waals surface area contributed by atoms with Gasteiger partial charge in [-0.05, 0) is 12.1 Å². The van der Waals surface area contributed by atoms with Crippen molar-refractivity contribution >= 4 is 5.78 Å². The number of halogens is 3. The van der Waals surface area contributed by atoms with E-state index in [-0.39, 0.29) is 5.56 Å². The van der Waals surface area contributed by atoms with Gasteiger partial charge in [0.05, 0.1) is 5.56 Å². The summed E-state index contributed by atoms with van der Waals surface area (Å²) in [6, 6.07) is 4.37. The Morgan fingerprint density at radius 2 is 2.00 bits per heavy atom. The number of hydrogen-bond acceptors (Lipinski definition) is 1. The van der Waals surface area contributed by atoms with E-state index in [0.29, 0.717) is 0 Å². The highest BCUT2D eigenvalue weighted by molar-refractivity contribution is 6.02. The minimum atomic E-state index is -4.40. The van der Waals surface area contributed by atoms with Gasteiger partial charge in [0.15, 0.2) is 5.78 Å². The Bertz CT molecular complexity index is 341. The van der Waals surface area contributed by atoms with E-state index in [1.807, 2.05) is 0 Å². The summed E-state index contributed by atoms with van der Waals surface area (Å²) in [6.07, 6.45) is -3.17. The number of carbonyl (C=O) groups excluding carboxylic acids is 1. The highest BCUT2D eigenvalue weighted by Gasteiger charge is 2.30. The van der Waals surface area contributed by atoms with Crippen LogP contribution in [0, 0.1) is 6.42 Å². The van der Waals surface area contributed by atoms with E-state index < -0.39 is 17.5 Å². The number of ketones is 1. The number of benzene rings is 1. The summed E-state index contributed by atoms with van der Waals surface area (Å²) >= 11 is 0. The lowest BCUT2D eigenvalue weighted by Gasteiger charge is -2.07. The highest BCUT2D eigenvalue weighted by atomic mass is 19.4. The molecule has 1 rings (SSSR count). The molecular weight excluding hydrogens is 193 g/mol. The van der Waals surface area contributed by atoms with Gasteiger partial charge in [-0.1, -0.05) is 19.1 Å². The molecule has 0 bridgehead atoms. The first-order valence-electron chi connectivity index (χ1n) is 3.96. The van der Waals surface area contributed by atoms with Gasteiger partial charge in [0.25, 0.3) is 0 Å². The van der Waals surface area contributed by atoms with Gasteiger partial charge >= 0.3 is 6.18 Å². The minimum absolute atomic E-state index is 0.0577. The Morgan fingerprint density at radius 3 is 2.50 bits per heavy atom. The fraction of sp³-hybridized carbons (Fsp3) is 0.200. The highest BCUT2D eigenvalue weighted by Crippen LogP contribution is 2.29. The van der Waals surface area contributed by atoms with Crippen LogP contribution >= 0.6 is 0 Å². The number of hydrogen-bond donors (Lipinski definition) is 0. The maximum atomic E-state index is 12.2. The predicted molar refractivity (Wildman–Crippen MR) is 45.7 cm³/mol. The molecule has 0 amide bonds. The van der Waals surface area contributed by atoms with Crippen LogP contribution in [0.2, 0.25) is 0 Å². The van der Waals surface area contributed by atoms with Crippen LogP contribution in [0.5, 0.6) is 0 Å². The van der Waals surface area contributed by atoms with Crippen LogP contribution in [0.25, 0.3) is 0 Å². The van der Waals surface area contributed by atoms with Crippen molar-refractivity contribution in [2.45, 2.75) is 13.1 Å². The Labute approximate surface area is 79.5 Å². The van der Waals surface area contributed by atoms with E-state index in [1.54, 1.807) is 0 Å². The van der Waals surface area contributed by atoms with Gasteiger partial charge in [-0.3, -0.25) is 4.79 Å². The van der Waals surface area contributed by atoms with Crippen molar-refractivity contribution in [3.05, 3.63) is 41.8 Å². The van der Waals surface area contributed by atoms with E-state index in [4.69, 9.17) is 0 Å². The van der Waals surface area contributed by atoms with Crippen LogP contribution in [0.4, 0.5) is 13.2 Å². The van der Waals surface area contributed by atoms with Gasteiger partial charge in [-0.2, -0.15) is 13.2 Å². The van der Waals surface area contributed by atoms with Gasteiger partial charge in [0.1, 0.15) is 0 Å². The van der Waals surface area contributed by atoms with Crippen LogP contribution < -0.4 is 0 Å². The molecule has 1 nitrogen and oxygen atoms in total. The zero-order chi connectivity index (χ0) is 10.8. The molecule has 0 saturated heterocycles. The standard InChI is InChI=1S/C10H8F3O/c1-2-9(14)7-4-3-5-8(6-7)10(11,12)13/h2-6H,1H3. The van der Waals surface area contributed by atoms with Crippen molar-refractivity contribution in [1.29, 1.82) is 0 Å². The average molecular weight is 201 g/mol. The van der Waals surface area contributed by atoms with Crippen molar-refractivity contribution in [3.63, 3.8) is 0 Å². The van der Waals surface area contributed by atoms with Crippen LogP contribution in [0.1, 0.15) is 22.8 Å². The first kappa shape index (κ1) is 10.8. The zero-order valence-corrected chi connectivity index (χ0v) is 7.43. The van der Waals surface area contributed by atoms with Gasteiger partial charge in [0, 0.05) is 12.0 Å². The quantitative estimate of drug-likeness (QED) is 0.672. The molecule has 1 radical (unpaired) electrons. The Kier molecular flexibility index (Phi) is 2.93. The molecule has 0 saturated carbocycles. The molecule has 0 N–H and O–H groups in total. The third-order valence-electron chi connectivity index (χ3n) is 1.74. The summed E-state index contributed by atoms with van der Waals surface area (Å²) in [5.74, 6) is -0.406. The molecule has 0 aromatic heterocycles. The van der Waals surface area contributed by atoms with E-state index in [9.17, 15) is 18.0 Å². The molecule has 1 aromatic carbocycles. The summed E-state index contributed by atoms with van der Waals surface area (Å²) in [4.78, 5) is 11.1. The lowest BCUT2D eigenvalue weighted by molar-refractivity contribution is -0.137. The van der Waals surface area contributed by atoms with Crippen LogP contribution in [-0.2, 0) is 6.18 Å². The molecule has 0 heterocycles. The summed E-state index contributed by atoms with van der Waals surface area (Å²) in [5, 5.41) is 0. The summed E-state index contributed by atoms with van der Waals surface area (Å²) < 4.78 is 36.6. The fourth-order valence-corrected chi connectivity index (χ4v) is 1.02. The molecule has 4 heteroatoms. The maximum absolute atomic E-state index is 12.2. The van der Waals surface area contributed by atoms with E-state index in [1.165, 1.54) is 25.5 Å². The summed E-state index contributed by atoms with van der Waals surface area (Å²) in [6.45, 7) is 1.49. The molecular formula is C10H8F3O. The second-order valence-corrected chi connectivity index (χ2v) is 2.73. The van der Waals surface area contributed by atoms with Crippen LogP contribution in [0.3, 0.4) is 0 Å². The van der Waals surface area contributed by atoms with Crippen molar-refractivity contribution in [3.8, 4) is 0 Å². The molecule has 0 unspecified atom stereocenters. The first-order valence-corrected chi connectivity index (χ1v) is 3.96. The van der Waals surface area contributed by atoms with Crippen molar-refractivity contribution < 1.29 is 18.0 Å².